The van der Waals surface area contributed by atoms with Gasteiger partial charge in [-0.15, -0.1) is 13.2 Å². The number of ether oxygens (including phenoxy) is 1. The van der Waals surface area contributed by atoms with Crippen molar-refractivity contribution in [3.8, 4) is 5.75 Å². The third-order valence-electron chi connectivity index (χ3n) is 6.55. The van der Waals surface area contributed by atoms with Crippen LogP contribution in [0.1, 0.15) is 70.3 Å². The van der Waals surface area contributed by atoms with Crippen molar-refractivity contribution in [1.82, 2.24) is 20.4 Å². The minimum atomic E-state index is -4.77. The van der Waals surface area contributed by atoms with Crippen molar-refractivity contribution in [2.45, 2.75) is 66.3 Å². The highest BCUT2D eigenvalue weighted by Crippen LogP contribution is 2.51. The first-order chi connectivity index (χ1) is 17.6. The summed E-state index contributed by atoms with van der Waals surface area (Å²) in [4.78, 5) is 28.5. The van der Waals surface area contributed by atoms with E-state index in [2.05, 4.69) is 53.2 Å². The van der Waals surface area contributed by atoms with Crippen LogP contribution in [0, 0.1) is 10.8 Å². The van der Waals surface area contributed by atoms with E-state index in [1.807, 2.05) is 6.07 Å². The highest BCUT2D eigenvalue weighted by atomic mass is 19.4. The molecule has 11 heteroatoms. The smallest absolute Gasteiger partial charge is 0.406 e. The summed E-state index contributed by atoms with van der Waals surface area (Å²) >= 11 is 0. The normalized spacial score (nSPS) is 17.2. The summed E-state index contributed by atoms with van der Waals surface area (Å²) in [5, 5.41) is 3.25. The van der Waals surface area contributed by atoms with Gasteiger partial charge in [-0.25, -0.2) is 4.98 Å². The Bertz CT molecular complexity index is 1330. The van der Waals surface area contributed by atoms with Gasteiger partial charge < -0.3 is 14.6 Å². The second kappa shape index (κ2) is 9.85. The van der Waals surface area contributed by atoms with E-state index in [1.165, 1.54) is 31.2 Å². The van der Waals surface area contributed by atoms with Gasteiger partial charge in [0, 0.05) is 24.2 Å². The maximum Gasteiger partial charge on any atom is 0.573 e. The zero-order valence-electron chi connectivity index (χ0n) is 22.0. The molecule has 1 saturated carbocycles. The van der Waals surface area contributed by atoms with Crippen molar-refractivity contribution in [3.63, 3.8) is 0 Å². The Hall–Kier alpha value is -3.76. The van der Waals surface area contributed by atoms with Gasteiger partial charge in [-0.1, -0.05) is 27.7 Å². The van der Waals surface area contributed by atoms with Crippen molar-refractivity contribution >= 4 is 34.5 Å². The summed E-state index contributed by atoms with van der Waals surface area (Å²) in [7, 11) is 0. The van der Waals surface area contributed by atoms with E-state index in [0.717, 1.165) is 24.8 Å². The lowest BCUT2D eigenvalue weighted by atomic mass is 9.63. The molecule has 0 radical (unpaired) electrons. The number of hydrazine groups is 1. The van der Waals surface area contributed by atoms with E-state index in [1.54, 1.807) is 12.1 Å². The number of alkyl halides is 3. The molecule has 1 aliphatic carbocycles. The van der Waals surface area contributed by atoms with Gasteiger partial charge in [0.15, 0.2) is 0 Å². The molecule has 0 saturated heterocycles. The predicted octanol–water partition coefficient (Wildman–Crippen LogP) is 6.24. The van der Waals surface area contributed by atoms with Crippen LogP contribution in [0.2, 0.25) is 0 Å². The van der Waals surface area contributed by atoms with E-state index >= 15 is 0 Å². The Kier molecular flexibility index (Phi) is 7.07. The molecule has 3 aromatic rings. The Morgan fingerprint density at radius 1 is 1.00 bits per heavy atom. The SMILES string of the molecule is CC(=O)NNC(=O)c1ccc2c(c1)nc(Nc1ccc(OC(F)(F)F)cc1)n2C1CC(C)(C)CC(C)(C)C1. The minimum absolute atomic E-state index is 0.0784. The topological polar surface area (TPSA) is 97.3 Å². The molecule has 2 aromatic carbocycles. The maximum absolute atomic E-state index is 12.6. The van der Waals surface area contributed by atoms with E-state index in [0.29, 0.717) is 22.7 Å². The van der Waals surface area contributed by atoms with Crippen LogP contribution < -0.4 is 20.9 Å². The number of anilines is 2. The van der Waals surface area contributed by atoms with E-state index in [9.17, 15) is 22.8 Å². The summed E-state index contributed by atoms with van der Waals surface area (Å²) < 4.78 is 43.8. The molecule has 38 heavy (non-hydrogen) atoms. The number of carbonyl (C=O) groups is 2. The fourth-order valence-electron chi connectivity index (χ4n) is 5.75. The van der Waals surface area contributed by atoms with Crippen LogP contribution in [0.5, 0.6) is 5.75 Å². The Labute approximate surface area is 218 Å². The van der Waals surface area contributed by atoms with Crippen LogP contribution in [0.4, 0.5) is 24.8 Å². The number of nitrogens with zero attached hydrogens (tertiary/aromatic N) is 2. The molecule has 0 atom stereocenters. The summed E-state index contributed by atoms with van der Waals surface area (Å²) in [6.45, 7) is 10.3. The van der Waals surface area contributed by atoms with Crippen LogP contribution >= 0.6 is 0 Å². The molecule has 0 aliphatic heterocycles. The molecule has 1 aromatic heterocycles. The zero-order chi connectivity index (χ0) is 27.9. The van der Waals surface area contributed by atoms with E-state index in [-0.39, 0.29) is 22.6 Å². The van der Waals surface area contributed by atoms with Gasteiger partial charge in [-0.2, -0.15) is 0 Å². The molecule has 0 bridgehead atoms. The lowest BCUT2D eigenvalue weighted by Crippen LogP contribution is -2.40. The third-order valence-corrected chi connectivity index (χ3v) is 6.55. The van der Waals surface area contributed by atoms with Gasteiger partial charge in [0.1, 0.15) is 5.75 Å². The van der Waals surface area contributed by atoms with Gasteiger partial charge in [0.2, 0.25) is 11.9 Å². The fourth-order valence-corrected chi connectivity index (χ4v) is 5.75. The first-order valence-electron chi connectivity index (χ1n) is 12.3. The quantitative estimate of drug-likeness (QED) is 0.339. The monoisotopic (exact) mass is 531 g/mol. The Morgan fingerprint density at radius 3 is 2.21 bits per heavy atom. The maximum atomic E-state index is 12.6. The average molecular weight is 532 g/mol. The lowest BCUT2D eigenvalue weighted by molar-refractivity contribution is -0.274. The number of aromatic nitrogens is 2. The predicted molar refractivity (Wildman–Crippen MR) is 138 cm³/mol. The zero-order valence-corrected chi connectivity index (χ0v) is 22.0. The first-order valence-corrected chi connectivity index (χ1v) is 12.3. The second-order valence-electron chi connectivity index (χ2n) is 11.4. The Balaban J connectivity index is 1.73. The number of halogens is 3. The van der Waals surface area contributed by atoms with Crippen LogP contribution in [0.25, 0.3) is 11.0 Å². The highest BCUT2D eigenvalue weighted by Gasteiger charge is 2.40. The van der Waals surface area contributed by atoms with Gasteiger partial charge in [-0.3, -0.25) is 20.4 Å². The largest absolute Gasteiger partial charge is 0.573 e. The van der Waals surface area contributed by atoms with Crippen molar-refractivity contribution in [1.29, 1.82) is 0 Å². The number of nitrogens with one attached hydrogen (secondary N) is 3. The Morgan fingerprint density at radius 2 is 1.63 bits per heavy atom. The standard InChI is InChI=1S/C27H32F3N5O3/c1-16(36)33-34-23(37)17-6-11-22-21(12-17)32-24(31-18-7-9-20(10-8-18)38-27(28,29)30)35(22)19-13-25(2,3)15-26(4,5)14-19/h6-12,19H,13-15H2,1-5H3,(H,31,32)(H,33,36)(H,34,37). The van der Waals surface area contributed by atoms with Gasteiger partial charge in [-0.05, 0) is 72.6 Å². The number of amides is 2. The molecule has 4 rings (SSSR count). The number of carbonyl (C=O) groups excluding carboxylic acids is 2. The van der Waals surface area contributed by atoms with Crippen LogP contribution in [-0.4, -0.2) is 27.7 Å². The first kappa shape index (κ1) is 27.3. The number of hydrogen-bond acceptors (Lipinski definition) is 5. The summed E-state index contributed by atoms with van der Waals surface area (Å²) in [5.74, 6) is -0.680. The molecule has 0 spiro atoms. The summed E-state index contributed by atoms with van der Waals surface area (Å²) in [6, 6.07) is 10.7. The number of hydrogen-bond donors (Lipinski definition) is 3. The molecular weight excluding hydrogens is 499 g/mol. The lowest BCUT2D eigenvalue weighted by Gasteiger charge is -2.45. The van der Waals surface area contributed by atoms with Crippen LogP contribution in [-0.2, 0) is 4.79 Å². The van der Waals surface area contributed by atoms with Crippen molar-refractivity contribution in [2.24, 2.45) is 10.8 Å². The van der Waals surface area contributed by atoms with Gasteiger partial charge in [0.05, 0.1) is 11.0 Å². The van der Waals surface area contributed by atoms with E-state index < -0.39 is 18.2 Å². The number of benzene rings is 2. The van der Waals surface area contributed by atoms with Gasteiger partial charge >= 0.3 is 6.36 Å². The second-order valence-corrected chi connectivity index (χ2v) is 11.4. The van der Waals surface area contributed by atoms with Crippen LogP contribution in [0.15, 0.2) is 42.5 Å². The average Bonchev–Trinajstić information content (AvgIpc) is 3.12. The molecule has 1 fully saturated rings. The van der Waals surface area contributed by atoms with Crippen molar-refractivity contribution in [2.75, 3.05) is 5.32 Å². The number of rotatable bonds is 5. The van der Waals surface area contributed by atoms with Crippen molar-refractivity contribution < 1.29 is 27.5 Å². The number of imidazole rings is 1. The summed E-state index contributed by atoms with van der Waals surface area (Å²) in [5.41, 5.74) is 7.02. The molecule has 8 nitrogen and oxygen atoms in total. The van der Waals surface area contributed by atoms with Gasteiger partial charge in [0.25, 0.3) is 5.91 Å². The molecule has 0 unspecified atom stereocenters. The fraction of sp³-hybridized carbons (Fsp3) is 0.444. The minimum Gasteiger partial charge on any atom is -0.406 e. The molecule has 2 amide bonds. The molecule has 1 aliphatic rings. The van der Waals surface area contributed by atoms with Crippen LogP contribution in [0.3, 0.4) is 0 Å². The van der Waals surface area contributed by atoms with E-state index in [4.69, 9.17) is 4.98 Å². The highest BCUT2D eigenvalue weighted by molar-refractivity contribution is 5.98. The molecule has 204 valence electrons. The summed E-state index contributed by atoms with van der Waals surface area (Å²) in [6.07, 6.45) is -1.90. The van der Waals surface area contributed by atoms with Crippen molar-refractivity contribution in [3.05, 3.63) is 48.0 Å². The third kappa shape index (κ3) is 6.56. The molecule has 3 N–H and O–H groups in total. The molecular formula is C27H32F3N5O3. The molecule has 1 heterocycles. The number of fused-ring (bicyclic) bond motifs is 1.